The van der Waals surface area contributed by atoms with Crippen molar-refractivity contribution in [1.82, 2.24) is 4.57 Å². The Labute approximate surface area is 181 Å². The molecule has 0 bridgehead atoms. The van der Waals surface area contributed by atoms with Crippen LogP contribution in [0.2, 0.25) is 0 Å². The molecule has 1 aromatic heterocycles. The van der Waals surface area contributed by atoms with E-state index in [1.807, 2.05) is 0 Å². The number of nitrogens with zero attached hydrogens (tertiary/aromatic N) is 1. The summed E-state index contributed by atoms with van der Waals surface area (Å²) in [6.45, 7) is 18.3. The molecule has 0 saturated carbocycles. The number of benzene rings is 3. The first-order valence-corrected chi connectivity index (χ1v) is 11.2. The van der Waals surface area contributed by atoms with Gasteiger partial charge in [-0.15, -0.1) is 0 Å². The fourth-order valence-corrected chi connectivity index (χ4v) is 4.46. The van der Waals surface area contributed by atoms with E-state index < -0.39 is 0 Å². The van der Waals surface area contributed by atoms with Crippen LogP contribution >= 0.6 is 0 Å². The van der Waals surface area contributed by atoms with Gasteiger partial charge in [0.15, 0.2) is 0 Å². The molecule has 4 aromatic rings. The lowest BCUT2D eigenvalue weighted by atomic mass is 9.84. The molecule has 1 heteroatoms. The van der Waals surface area contributed by atoms with Gasteiger partial charge >= 0.3 is 0 Å². The predicted octanol–water partition coefficient (Wildman–Crippen LogP) is 8.50. The monoisotopic (exact) mass is 397 g/mol. The Morgan fingerprint density at radius 1 is 0.700 bits per heavy atom. The van der Waals surface area contributed by atoms with Crippen LogP contribution in [-0.4, -0.2) is 4.57 Å². The van der Waals surface area contributed by atoms with Crippen LogP contribution in [0, 0.1) is 0 Å². The lowest BCUT2D eigenvalue weighted by Gasteiger charge is -2.21. The number of aromatic nitrogens is 1. The molecule has 156 valence electrons. The molecule has 0 unspecified atom stereocenters. The van der Waals surface area contributed by atoms with Crippen LogP contribution in [-0.2, 0) is 10.8 Å². The molecule has 0 aliphatic carbocycles. The first kappa shape index (κ1) is 20.7. The minimum Gasteiger partial charge on any atom is -0.309 e. The Hall–Kier alpha value is -2.54. The zero-order valence-electron chi connectivity index (χ0n) is 19.8. The van der Waals surface area contributed by atoms with E-state index in [1.54, 1.807) is 0 Å². The summed E-state index contributed by atoms with van der Waals surface area (Å²) in [7, 11) is 0. The van der Waals surface area contributed by atoms with Gasteiger partial charge in [0.05, 0.1) is 11.0 Å². The quantitative estimate of drug-likeness (QED) is 0.319. The largest absolute Gasteiger partial charge is 0.309 e. The number of fused-ring (bicyclic) bond motifs is 3. The van der Waals surface area contributed by atoms with Crippen molar-refractivity contribution >= 4 is 21.8 Å². The van der Waals surface area contributed by atoms with Crippen molar-refractivity contribution in [2.24, 2.45) is 0 Å². The predicted molar refractivity (Wildman–Crippen MR) is 132 cm³/mol. The number of hydrogen-bond donors (Lipinski definition) is 0. The van der Waals surface area contributed by atoms with Gasteiger partial charge in [0.1, 0.15) is 0 Å². The van der Waals surface area contributed by atoms with Crippen LogP contribution in [0.25, 0.3) is 27.5 Å². The van der Waals surface area contributed by atoms with Crippen LogP contribution in [0.5, 0.6) is 0 Å². The fourth-order valence-electron chi connectivity index (χ4n) is 4.46. The van der Waals surface area contributed by atoms with Crippen LogP contribution in [0.3, 0.4) is 0 Å². The zero-order chi connectivity index (χ0) is 21.8. The summed E-state index contributed by atoms with van der Waals surface area (Å²) in [5.74, 6) is 0.504. The molecule has 3 aromatic carbocycles. The standard InChI is InChI=1S/C29H35N/c1-19(2)20-15-16-23-26(17-20)30(22-12-9-11-21(18-22)28(3,4)5)25-14-10-13-24(27(23)25)29(6,7)8/h9-19H,1-8H3. The van der Waals surface area contributed by atoms with Gasteiger partial charge in [-0.1, -0.05) is 91.8 Å². The Balaban J connectivity index is 2.16. The van der Waals surface area contributed by atoms with Crippen molar-refractivity contribution < 1.29 is 0 Å². The summed E-state index contributed by atoms with van der Waals surface area (Å²) in [6, 6.07) is 22.9. The van der Waals surface area contributed by atoms with Crippen molar-refractivity contribution in [3.8, 4) is 5.69 Å². The van der Waals surface area contributed by atoms with Crippen molar-refractivity contribution in [2.75, 3.05) is 0 Å². The van der Waals surface area contributed by atoms with E-state index in [2.05, 4.69) is 121 Å². The van der Waals surface area contributed by atoms with Gasteiger partial charge in [-0.05, 0) is 57.7 Å². The van der Waals surface area contributed by atoms with E-state index in [4.69, 9.17) is 0 Å². The molecule has 0 amide bonds. The minimum absolute atomic E-state index is 0.0859. The molecule has 0 spiro atoms. The van der Waals surface area contributed by atoms with E-state index in [-0.39, 0.29) is 10.8 Å². The van der Waals surface area contributed by atoms with Crippen molar-refractivity contribution in [2.45, 2.75) is 72.1 Å². The molecular formula is C29H35N. The Kier molecular flexibility index (Phi) is 4.84. The smallest absolute Gasteiger partial charge is 0.0544 e. The summed E-state index contributed by atoms with van der Waals surface area (Å²) in [4.78, 5) is 0. The highest BCUT2D eigenvalue weighted by Gasteiger charge is 2.23. The molecule has 1 nitrogen and oxygen atoms in total. The Bertz CT molecular complexity index is 1220. The van der Waals surface area contributed by atoms with E-state index >= 15 is 0 Å². The first-order valence-electron chi connectivity index (χ1n) is 11.2. The molecule has 0 saturated heterocycles. The van der Waals surface area contributed by atoms with Crippen molar-refractivity contribution in [3.63, 3.8) is 0 Å². The highest BCUT2D eigenvalue weighted by molar-refractivity contribution is 6.11. The molecule has 0 fully saturated rings. The topological polar surface area (TPSA) is 4.93 Å². The normalized spacial score (nSPS) is 13.0. The van der Waals surface area contributed by atoms with Gasteiger partial charge in [-0.2, -0.15) is 0 Å². The van der Waals surface area contributed by atoms with Gasteiger partial charge in [-0.3, -0.25) is 0 Å². The second-order valence-corrected chi connectivity index (χ2v) is 11.0. The third kappa shape index (κ3) is 3.45. The zero-order valence-corrected chi connectivity index (χ0v) is 19.8. The summed E-state index contributed by atoms with van der Waals surface area (Å²) >= 11 is 0. The molecule has 0 radical (unpaired) electrons. The second kappa shape index (κ2) is 7.01. The molecular weight excluding hydrogens is 362 g/mol. The maximum Gasteiger partial charge on any atom is 0.0544 e. The molecule has 0 N–H and O–H groups in total. The van der Waals surface area contributed by atoms with E-state index in [1.165, 1.54) is 44.2 Å². The van der Waals surface area contributed by atoms with Crippen LogP contribution < -0.4 is 0 Å². The summed E-state index contributed by atoms with van der Waals surface area (Å²) < 4.78 is 2.47. The molecule has 0 aliphatic heterocycles. The van der Waals surface area contributed by atoms with Gasteiger partial charge in [0.2, 0.25) is 0 Å². The van der Waals surface area contributed by atoms with Crippen molar-refractivity contribution in [1.29, 1.82) is 0 Å². The lowest BCUT2D eigenvalue weighted by Crippen LogP contribution is -2.12. The Morgan fingerprint density at radius 2 is 1.40 bits per heavy atom. The maximum atomic E-state index is 2.47. The van der Waals surface area contributed by atoms with Gasteiger partial charge in [0, 0.05) is 16.5 Å². The molecule has 4 rings (SSSR count). The minimum atomic E-state index is 0.0859. The highest BCUT2D eigenvalue weighted by Crippen LogP contribution is 2.40. The van der Waals surface area contributed by atoms with Crippen LogP contribution in [0.15, 0.2) is 60.7 Å². The lowest BCUT2D eigenvalue weighted by molar-refractivity contribution is 0.590. The highest BCUT2D eigenvalue weighted by atomic mass is 15.0. The average Bonchev–Trinajstić information content (AvgIpc) is 3.00. The van der Waals surface area contributed by atoms with E-state index in [0.29, 0.717) is 5.92 Å². The third-order valence-corrected chi connectivity index (χ3v) is 6.26. The molecule has 0 aliphatic rings. The summed E-state index contributed by atoms with van der Waals surface area (Å²) in [6.07, 6.45) is 0. The van der Waals surface area contributed by atoms with E-state index in [9.17, 15) is 0 Å². The summed E-state index contributed by atoms with van der Waals surface area (Å²) in [5, 5.41) is 2.73. The van der Waals surface area contributed by atoms with Gasteiger partial charge in [0.25, 0.3) is 0 Å². The number of hydrogen-bond acceptors (Lipinski definition) is 0. The summed E-state index contributed by atoms with van der Waals surface area (Å²) in [5.41, 5.74) is 8.21. The molecule has 1 heterocycles. The van der Waals surface area contributed by atoms with Crippen LogP contribution in [0.4, 0.5) is 0 Å². The molecule has 30 heavy (non-hydrogen) atoms. The fraction of sp³-hybridized carbons (Fsp3) is 0.379. The maximum absolute atomic E-state index is 2.47. The second-order valence-electron chi connectivity index (χ2n) is 11.0. The van der Waals surface area contributed by atoms with Crippen LogP contribution in [0.1, 0.15) is 78.0 Å². The third-order valence-electron chi connectivity index (χ3n) is 6.26. The van der Waals surface area contributed by atoms with E-state index in [0.717, 1.165) is 0 Å². The molecule has 0 atom stereocenters. The Morgan fingerprint density at radius 3 is 2.03 bits per heavy atom. The van der Waals surface area contributed by atoms with Gasteiger partial charge in [-0.25, -0.2) is 0 Å². The first-order chi connectivity index (χ1) is 14.0. The average molecular weight is 398 g/mol. The SMILES string of the molecule is CC(C)c1ccc2c3c(C(C)(C)C)cccc3n(-c3cccc(C(C)(C)C)c3)c2c1. The van der Waals surface area contributed by atoms with Gasteiger partial charge < -0.3 is 4.57 Å². The number of rotatable bonds is 2. The van der Waals surface area contributed by atoms with Crippen molar-refractivity contribution in [3.05, 3.63) is 77.4 Å².